The first-order chi connectivity index (χ1) is 12.3. The fourth-order valence-corrected chi connectivity index (χ4v) is 3.11. The minimum atomic E-state index is -0.777. The number of rotatable bonds is 4. The number of nitrogens with one attached hydrogen (secondary N) is 1. The number of halogens is 1. The van der Waals surface area contributed by atoms with Crippen LogP contribution in [0.15, 0.2) is 27.5 Å². The molecule has 0 aliphatic carbocycles. The van der Waals surface area contributed by atoms with Crippen LogP contribution in [0.3, 0.4) is 0 Å². The lowest BCUT2D eigenvalue weighted by atomic mass is 10.1. The monoisotopic (exact) mass is 374 g/mol. The Kier molecular flexibility index (Phi) is 4.82. The smallest absolute Gasteiger partial charge is 0.297 e. The van der Waals surface area contributed by atoms with Gasteiger partial charge in [-0.05, 0) is 44.9 Å². The summed E-state index contributed by atoms with van der Waals surface area (Å²) >= 11 is 6.01. The van der Waals surface area contributed by atoms with Crippen LogP contribution in [0.4, 0.5) is 5.69 Å². The second-order valence-corrected chi connectivity index (χ2v) is 6.61. The van der Waals surface area contributed by atoms with E-state index in [1.165, 1.54) is 4.68 Å². The molecule has 1 aromatic carbocycles. The van der Waals surface area contributed by atoms with Gasteiger partial charge in [0.05, 0.1) is 11.1 Å². The maximum absolute atomic E-state index is 12.8. The van der Waals surface area contributed by atoms with E-state index < -0.39 is 11.6 Å². The van der Waals surface area contributed by atoms with Crippen molar-refractivity contribution >= 4 is 34.1 Å². The highest BCUT2D eigenvalue weighted by Gasteiger charge is 2.25. The molecule has 3 aromatic rings. The van der Waals surface area contributed by atoms with Crippen molar-refractivity contribution in [2.45, 2.75) is 40.2 Å². The standard InChI is InChI=1S/C18H19ClN4O3/c1-5-14(17(24)20-13-8-12(19)7-6-9(13)2)23-18(25)16-15(10(3)21-23)11(4)26-22-16/h6-8,14H,5H2,1-4H3,(H,20,24). The summed E-state index contributed by atoms with van der Waals surface area (Å²) in [6, 6.07) is 4.46. The molecule has 26 heavy (non-hydrogen) atoms. The predicted octanol–water partition coefficient (Wildman–Crippen LogP) is 3.55. The number of hydrogen-bond acceptors (Lipinski definition) is 5. The molecule has 0 aliphatic rings. The summed E-state index contributed by atoms with van der Waals surface area (Å²) in [5, 5.41) is 12.1. The number of carbonyl (C=O) groups excluding carboxylic acids is 1. The van der Waals surface area contributed by atoms with E-state index in [1.807, 2.05) is 19.9 Å². The molecule has 1 amide bonds. The van der Waals surface area contributed by atoms with E-state index in [2.05, 4.69) is 15.6 Å². The van der Waals surface area contributed by atoms with E-state index in [0.717, 1.165) is 5.56 Å². The van der Waals surface area contributed by atoms with Crippen LogP contribution in [0.25, 0.3) is 10.9 Å². The van der Waals surface area contributed by atoms with Crippen LogP contribution in [-0.2, 0) is 4.79 Å². The number of amides is 1. The second kappa shape index (κ2) is 6.92. The van der Waals surface area contributed by atoms with Crippen LogP contribution in [0.1, 0.15) is 36.4 Å². The number of aromatic nitrogens is 3. The van der Waals surface area contributed by atoms with Gasteiger partial charge < -0.3 is 9.84 Å². The largest absolute Gasteiger partial charge is 0.360 e. The third-order valence-electron chi connectivity index (χ3n) is 4.33. The maximum Gasteiger partial charge on any atom is 0.297 e. The molecule has 0 saturated carbocycles. The number of anilines is 1. The van der Waals surface area contributed by atoms with Crippen LogP contribution >= 0.6 is 11.6 Å². The summed E-state index contributed by atoms with van der Waals surface area (Å²) < 4.78 is 6.29. The Bertz CT molecular complexity index is 1050. The minimum absolute atomic E-state index is 0.181. The van der Waals surface area contributed by atoms with Crippen molar-refractivity contribution in [2.24, 2.45) is 0 Å². The van der Waals surface area contributed by atoms with Crippen molar-refractivity contribution in [1.82, 2.24) is 14.9 Å². The summed E-state index contributed by atoms with van der Waals surface area (Å²) in [4.78, 5) is 25.6. The van der Waals surface area contributed by atoms with Crippen LogP contribution in [0.2, 0.25) is 5.02 Å². The van der Waals surface area contributed by atoms with Gasteiger partial charge in [-0.3, -0.25) is 9.59 Å². The summed E-state index contributed by atoms with van der Waals surface area (Å²) in [6.45, 7) is 7.16. The van der Waals surface area contributed by atoms with Crippen molar-refractivity contribution in [1.29, 1.82) is 0 Å². The SMILES string of the molecule is CCC(C(=O)Nc1cc(Cl)ccc1C)n1nc(C)c2c(C)onc2c1=O. The first-order valence-electron chi connectivity index (χ1n) is 8.26. The Hall–Kier alpha value is -2.67. The van der Waals surface area contributed by atoms with E-state index in [9.17, 15) is 9.59 Å². The van der Waals surface area contributed by atoms with Crippen molar-refractivity contribution in [3.8, 4) is 0 Å². The molecule has 0 aliphatic heterocycles. The number of hydrogen-bond donors (Lipinski definition) is 1. The molecule has 0 radical (unpaired) electrons. The molecule has 0 bridgehead atoms. The molecule has 0 fully saturated rings. The molecule has 136 valence electrons. The van der Waals surface area contributed by atoms with Crippen molar-refractivity contribution < 1.29 is 9.32 Å². The summed E-state index contributed by atoms with van der Waals surface area (Å²) in [5.74, 6) is 0.188. The Morgan fingerprint density at radius 2 is 2.08 bits per heavy atom. The highest BCUT2D eigenvalue weighted by atomic mass is 35.5. The molecular weight excluding hydrogens is 356 g/mol. The quantitative estimate of drug-likeness (QED) is 0.754. The summed E-state index contributed by atoms with van der Waals surface area (Å²) in [6.07, 6.45) is 0.389. The molecule has 1 N–H and O–H groups in total. The molecule has 2 aromatic heterocycles. The third-order valence-corrected chi connectivity index (χ3v) is 4.57. The lowest BCUT2D eigenvalue weighted by molar-refractivity contribution is -0.119. The average Bonchev–Trinajstić information content (AvgIpc) is 2.98. The third kappa shape index (κ3) is 3.10. The zero-order valence-corrected chi connectivity index (χ0v) is 15.7. The van der Waals surface area contributed by atoms with Gasteiger partial charge >= 0.3 is 0 Å². The minimum Gasteiger partial charge on any atom is -0.360 e. The lowest BCUT2D eigenvalue weighted by Crippen LogP contribution is -2.35. The number of benzene rings is 1. The number of carbonyl (C=O) groups is 1. The highest BCUT2D eigenvalue weighted by Crippen LogP contribution is 2.23. The normalized spacial score (nSPS) is 12.3. The van der Waals surface area contributed by atoms with Gasteiger partial charge in [0.25, 0.3) is 5.56 Å². The Labute approximate surface area is 154 Å². The van der Waals surface area contributed by atoms with Crippen LogP contribution in [-0.4, -0.2) is 20.8 Å². The van der Waals surface area contributed by atoms with Crippen molar-refractivity contribution in [2.75, 3.05) is 5.32 Å². The zero-order chi connectivity index (χ0) is 19.0. The topological polar surface area (TPSA) is 90.0 Å². The number of aryl methyl sites for hydroxylation is 3. The Morgan fingerprint density at radius 1 is 1.35 bits per heavy atom. The first kappa shape index (κ1) is 18.1. The van der Waals surface area contributed by atoms with Crippen LogP contribution < -0.4 is 10.9 Å². The number of nitrogens with zero attached hydrogens (tertiary/aromatic N) is 3. The van der Waals surface area contributed by atoms with Gasteiger partial charge in [0, 0.05) is 10.7 Å². The van der Waals surface area contributed by atoms with Crippen LogP contribution in [0, 0.1) is 20.8 Å². The van der Waals surface area contributed by atoms with Crippen LogP contribution in [0.5, 0.6) is 0 Å². The van der Waals surface area contributed by atoms with E-state index in [0.29, 0.717) is 34.0 Å². The van der Waals surface area contributed by atoms with E-state index in [4.69, 9.17) is 16.1 Å². The second-order valence-electron chi connectivity index (χ2n) is 6.17. The predicted molar refractivity (Wildman–Crippen MR) is 99.7 cm³/mol. The molecule has 3 rings (SSSR count). The molecule has 0 saturated heterocycles. The van der Waals surface area contributed by atoms with Gasteiger partial charge in [-0.2, -0.15) is 5.10 Å². The van der Waals surface area contributed by atoms with Gasteiger partial charge in [-0.25, -0.2) is 4.68 Å². The maximum atomic E-state index is 12.8. The van der Waals surface area contributed by atoms with Crippen molar-refractivity contribution in [3.63, 3.8) is 0 Å². The van der Waals surface area contributed by atoms with Gasteiger partial charge in [0.15, 0.2) is 5.52 Å². The van der Waals surface area contributed by atoms with Gasteiger partial charge in [-0.15, -0.1) is 0 Å². The van der Waals surface area contributed by atoms with Gasteiger partial charge in [0.2, 0.25) is 5.91 Å². The summed E-state index contributed by atoms with van der Waals surface area (Å²) in [5.41, 5.74) is 1.79. The molecule has 0 spiro atoms. The Balaban J connectivity index is 2.02. The Morgan fingerprint density at radius 3 is 2.77 bits per heavy atom. The van der Waals surface area contributed by atoms with Gasteiger partial charge in [-0.1, -0.05) is 29.7 Å². The molecule has 2 heterocycles. The zero-order valence-electron chi connectivity index (χ0n) is 15.0. The average molecular weight is 375 g/mol. The summed E-state index contributed by atoms with van der Waals surface area (Å²) in [7, 11) is 0. The number of fused-ring (bicyclic) bond motifs is 1. The molecular formula is C18H19ClN4O3. The fraction of sp³-hybridized carbons (Fsp3) is 0.333. The highest BCUT2D eigenvalue weighted by molar-refractivity contribution is 6.31. The first-order valence-corrected chi connectivity index (χ1v) is 8.63. The molecule has 1 atom stereocenters. The van der Waals surface area contributed by atoms with Crippen molar-refractivity contribution in [3.05, 3.63) is 50.6 Å². The van der Waals surface area contributed by atoms with E-state index in [-0.39, 0.29) is 11.4 Å². The molecule has 8 heteroatoms. The lowest BCUT2D eigenvalue weighted by Gasteiger charge is -2.18. The van der Waals surface area contributed by atoms with E-state index in [1.54, 1.807) is 26.0 Å². The molecule has 1 unspecified atom stereocenters. The fourth-order valence-electron chi connectivity index (χ4n) is 2.94. The van der Waals surface area contributed by atoms with E-state index >= 15 is 0 Å². The molecule has 7 nitrogen and oxygen atoms in total. The van der Waals surface area contributed by atoms with Gasteiger partial charge in [0.1, 0.15) is 11.8 Å².